The zero-order chi connectivity index (χ0) is 13.9. The minimum atomic E-state index is 0.171. The number of hydrogen-bond acceptors (Lipinski definition) is 2. The Labute approximate surface area is 121 Å². The van der Waals surface area contributed by atoms with Gasteiger partial charge in [0.25, 0.3) is 0 Å². The summed E-state index contributed by atoms with van der Waals surface area (Å²) in [5.41, 5.74) is 8.94. The number of hydrogen-bond donors (Lipinski definition) is 1. The highest BCUT2D eigenvalue weighted by molar-refractivity contribution is 5.79. The van der Waals surface area contributed by atoms with Crippen molar-refractivity contribution in [2.75, 3.05) is 0 Å². The van der Waals surface area contributed by atoms with E-state index in [1.165, 1.54) is 43.1 Å². The van der Waals surface area contributed by atoms with Crippen LogP contribution in [0.2, 0.25) is 0 Å². The summed E-state index contributed by atoms with van der Waals surface area (Å²) in [5, 5.41) is 1.20. The summed E-state index contributed by atoms with van der Waals surface area (Å²) in [7, 11) is 0. The van der Waals surface area contributed by atoms with Crippen molar-refractivity contribution in [2.45, 2.75) is 45.1 Å². The molecule has 3 unspecified atom stereocenters. The van der Waals surface area contributed by atoms with Gasteiger partial charge >= 0.3 is 0 Å². The predicted octanol–water partition coefficient (Wildman–Crippen LogP) is 4.45. The molecular weight excluding hydrogens is 244 g/mol. The Morgan fingerprint density at radius 3 is 2.95 bits per heavy atom. The Bertz CT molecular complexity index is 578. The van der Waals surface area contributed by atoms with E-state index >= 15 is 0 Å². The zero-order valence-corrected chi connectivity index (χ0v) is 12.3. The molecule has 20 heavy (non-hydrogen) atoms. The molecule has 106 valence electrons. The Kier molecular flexibility index (Phi) is 4.02. The fourth-order valence-electron chi connectivity index (χ4n) is 3.76. The van der Waals surface area contributed by atoms with Crippen LogP contribution in [0.1, 0.15) is 50.6 Å². The second kappa shape index (κ2) is 5.92. The normalized spacial score (nSPS) is 24.7. The fourth-order valence-corrected chi connectivity index (χ4v) is 3.76. The first-order valence-corrected chi connectivity index (χ1v) is 7.90. The molecule has 2 aromatic rings. The van der Waals surface area contributed by atoms with E-state index in [0.717, 1.165) is 11.4 Å². The number of rotatable bonds is 3. The van der Waals surface area contributed by atoms with Crippen LogP contribution in [0.5, 0.6) is 0 Å². The molecule has 0 bridgehead atoms. The lowest BCUT2D eigenvalue weighted by molar-refractivity contribution is 0.196. The van der Waals surface area contributed by atoms with Crippen molar-refractivity contribution in [3.8, 4) is 0 Å². The third-order valence-electron chi connectivity index (χ3n) is 4.97. The van der Waals surface area contributed by atoms with Gasteiger partial charge < -0.3 is 5.73 Å². The quantitative estimate of drug-likeness (QED) is 0.893. The van der Waals surface area contributed by atoms with Crippen LogP contribution in [0.3, 0.4) is 0 Å². The number of nitrogens with zero attached hydrogens (tertiary/aromatic N) is 1. The van der Waals surface area contributed by atoms with E-state index in [4.69, 9.17) is 5.73 Å². The summed E-state index contributed by atoms with van der Waals surface area (Å²) in [4.78, 5) is 4.38. The van der Waals surface area contributed by atoms with Gasteiger partial charge in [-0.3, -0.25) is 4.98 Å². The summed E-state index contributed by atoms with van der Waals surface area (Å²) in [6, 6.07) is 10.8. The minimum absolute atomic E-state index is 0.171. The van der Waals surface area contributed by atoms with Gasteiger partial charge in [-0.2, -0.15) is 0 Å². The maximum absolute atomic E-state index is 6.61. The van der Waals surface area contributed by atoms with E-state index in [-0.39, 0.29) is 6.04 Å². The zero-order valence-electron chi connectivity index (χ0n) is 12.3. The molecule has 0 saturated heterocycles. The largest absolute Gasteiger partial charge is 0.324 e. The van der Waals surface area contributed by atoms with Crippen LogP contribution in [-0.4, -0.2) is 4.98 Å². The van der Waals surface area contributed by atoms with Crippen LogP contribution in [0.4, 0.5) is 0 Å². The van der Waals surface area contributed by atoms with Crippen LogP contribution in [0.15, 0.2) is 36.5 Å². The third kappa shape index (κ3) is 2.57. The van der Waals surface area contributed by atoms with Gasteiger partial charge in [-0.1, -0.05) is 44.7 Å². The number of aromatic nitrogens is 1. The summed E-state index contributed by atoms with van der Waals surface area (Å²) < 4.78 is 0. The molecular formula is C18H24N2. The predicted molar refractivity (Wildman–Crippen MR) is 84.4 cm³/mol. The lowest BCUT2D eigenvalue weighted by Crippen LogP contribution is -2.30. The van der Waals surface area contributed by atoms with Crippen molar-refractivity contribution in [3.63, 3.8) is 0 Å². The van der Waals surface area contributed by atoms with Crippen molar-refractivity contribution in [2.24, 2.45) is 17.6 Å². The molecule has 1 aromatic carbocycles. The summed E-state index contributed by atoms with van der Waals surface area (Å²) >= 11 is 0. The summed E-state index contributed by atoms with van der Waals surface area (Å²) in [6.07, 6.45) is 8.45. The van der Waals surface area contributed by atoms with E-state index in [9.17, 15) is 0 Å². The molecule has 0 aliphatic heterocycles. The first-order valence-electron chi connectivity index (χ1n) is 7.90. The molecule has 1 aliphatic rings. The number of pyridine rings is 1. The van der Waals surface area contributed by atoms with E-state index < -0.39 is 0 Å². The van der Waals surface area contributed by atoms with Gasteiger partial charge in [-0.15, -0.1) is 0 Å². The van der Waals surface area contributed by atoms with E-state index in [1.807, 2.05) is 12.3 Å². The van der Waals surface area contributed by atoms with Gasteiger partial charge in [0.2, 0.25) is 0 Å². The number of benzene rings is 1. The molecule has 3 atom stereocenters. The lowest BCUT2D eigenvalue weighted by Gasteiger charge is -2.35. The molecule has 1 aromatic heterocycles. The SMILES string of the molecule is CCC1CCCCC1C(N)c1ccc2ncccc2c1. The molecule has 0 spiro atoms. The molecule has 1 aliphatic carbocycles. The highest BCUT2D eigenvalue weighted by Crippen LogP contribution is 2.39. The van der Waals surface area contributed by atoms with Crippen LogP contribution in [0.25, 0.3) is 10.9 Å². The highest BCUT2D eigenvalue weighted by atomic mass is 14.7. The van der Waals surface area contributed by atoms with Gasteiger partial charge in [0, 0.05) is 17.6 Å². The van der Waals surface area contributed by atoms with E-state index in [2.05, 4.69) is 36.2 Å². The monoisotopic (exact) mass is 268 g/mol. The second-order valence-corrected chi connectivity index (χ2v) is 6.10. The molecule has 2 N–H and O–H groups in total. The Morgan fingerprint density at radius 1 is 1.25 bits per heavy atom. The lowest BCUT2D eigenvalue weighted by atomic mass is 9.72. The Hall–Kier alpha value is -1.41. The topological polar surface area (TPSA) is 38.9 Å². The Morgan fingerprint density at radius 2 is 2.10 bits per heavy atom. The molecule has 1 fully saturated rings. The van der Waals surface area contributed by atoms with Crippen LogP contribution in [-0.2, 0) is 0 Å². The van der Waals surface area contributed by atoms with Gasteiger partial charge in [0.15, 0.2) is 0 Å². The summed E-state index contributed by atoms with van der Waals surface area (Å²) in [6.45, 7) is 2.31. The molecule has 2 heteroatoms. The number of fused-ring (bicyclic) bond motifs is 1. The fraction of sp³-hybridized carbons (Fsp3) is 0.500. The van der Waals surface area contributed by atoms with Crippen molar-refractivity contribution < 1.29 is 0 Å². The standard InChI is InChI=1S/C18H24N2/c1-2-13-6-3-4-8-16(13)18(19)15-9-10-17-14(12-15)7-5-11-20-17/h5,7,9-13,16,18H,2-4,6,8,19H2,1H3. The van der Waals surface area contributed by atoms with Crippen molar-refractivity contribution in [1.82, 2.24) is 4.98 Å². The smallest absolute Gasteiger partial charge is 0.0702 e. The average molecular weight is 268 g/mol. The molecule has 0 amide bonds. The molecule has 3 rings (SSSR count). The van der Waals surface area contributed by atoms with Gasteiger partial charge in [0.1, 0.15) is 0 Å². The molecule has 1 heterocycles. The first kappa shape index (κ1) is 13.6. The highest BCUT2D eigenvalue weighted by Gasteiger charge is 2.29. The average Bonchev–Trinajstić information content (AvgIpc) is 2.53. The van der Waals surface area contributed by atoms with Crippen molar-refractivity contribution in [3.05, 3.63) is 42.1 Å². The second-order valence-electron chi connectivity index (χ2n) is 6.10. The van der Waals surface area contributed by atoms with E-state index in [1.54, 1.807) is 0 Å². The molecule has 1 saturated carbocycles. The van der Waals surface area contributed by atoms with E-state index in [0.29, 0.717) is 5.92 Å². The molecule has 2 nitrogen and oxygen atoms in total. The molecule has 0 radical (unpaired) electrons. The van der Waals surface area contributed by atoms with Crippen LogP contribution < -0.4 is 5.73 Å². The Balaban J connectivity index is 1.89. The van der Waals surface area contributed by atoms with Crippen molar-refractivity contribution in [1.29, 1.82) is 0 Å². The van der Waals surface area contributed by atoms with Gasteiger partial charge in [-0.05, 0) is 42.0 Å². The maximum atomic E-state index is 6.61. The summed E-state index contributed by atoms with van der Waals surface area (Å²) in [5.74, 6) is 1.44. The third-order valence-corrected chi connectivity index (χ3v) is 4.97. The maximum Gasteiger partial charge on any atom is 0.0702 e. The van der Waals surface area contributed by atoms with Crippen LogP contribution in [0, 0.1) is 11.8 Å². The van der Waals surface area contributed by atoms with Gasteiger partial charge in [-0.25, -0.2) is 0 Å². The van der Waals surface area contributed by atoms with Crippen LogP contribution >= 0.6 is 0 Å². The first-order chi connectivity index (χ1) is 9.79. The van der Waals surface area contributed by atoms with Crippen molar-refractivity contribution >= 4 is 10.9 Å². The van der Waals surface area contributed by atoms with Gasteiger partial charge in [0.05, 0.1) is 5.52 Å². The number of nitrogens with two attached hydrogens (primary N) is 1. The minimum Gasteiger partial charge on any atom is -0.324 e.